The van der Waals surface area contributed by atoms with Gasteiger partial charge in [0.2, 0.25) is 0 Å². The molecule has 0 amide bonds. The molecule has 0 saturated carbocycles. The van der Waals surface area contributed by atoms with Crippen molar-refractivity contribution in [3.63, 3.8) is 0 Å². The van der Waals surface area contributed by atoms with Crippen LogP contribution >= 0.6 is 0 Å². The molecule has 2 aliphatic heterocycles. The lowest BCUT2D eigenvalue weighted by atomic mass is 9.84. The van der Waals surface area contributed by atoms with Gasteiger partial charge in [0.15, 0.2) is 53.9 Å². The predicted molar refractivity (Wildman–Crippen MR) is 181 cm³/mol. The fourth-order valence-corrected chi connectivity index (χ4v) is 6.29. The lowest BCUT2D eigenvalue weighted by molar-refractivity contribution is -0.228. The molecule has 0 radical (unpaired) electrons. The van der Waals surface area contributed by atoms with Gasteiger partial charge < -0.3 is 52.1 Å². The largest absolute Gasteiger partial charge is 0.456 e. The Morgan fingerprint density at radius 2 is 0.667 bits per heavy atom. The highest BCUT2D eigenvalue weighted by molar-refractivity contribution is 6.03. The van der Waals surface area contributed by atoms with Crippen molar-refractivity contribution in [2.75, 3.05) is 13.2 Å². The van der Waals surface area contributed by atoms with Crippen molar-refractivity contribution in [1.29, 1.82) is 0 Å². The third-order valence-electron chi connectivity index (χ3n) is 7.79. The summed E-state index contributed by atoms with van der Waals surface area (Å²) in [6.45, 7) is 8.42. The highest BCUT2D eigenvalue weighted by Crippen LogP contribution is 2.55. The van der Waals surface area contributed by atoms with Gasteiger partial charge in [-0.15, -0.1) is 0 Å². The molecular formula is C36H42O21. The van der Waals surface area contributed by atoms with Crippen LogP contribution in [-0.2, 0) is 81.0 Å². The molecule has 3 rings (SSSR count). The molecule has 0 unspecified atom stereocenters. The average molecular weight is 811 g/mol. The molecule has 8 atom stereocenters. The molecule has 0 aromatic heterocycles. The molecular weight excluding hydrogens is 768 g/mol. The molecule has 21 nitrogen and oxygen atoms in total. The van der Waals surface area contributed by atoms with E-state index in [2.05, 4.69) is 0 Å². The minimum absolute atomic E-state index is 0.600. The molecule has 0 N–H and O–H groups in total. The minimum atomic E-state index is -1.88. The first-order valence-corrected chi connectivity index (χ1v) is 17.1. The number of carbonyl (C=O) groups is 10. The van der Waals surface area contributed by atoms with E-state index in [1.165, 1.54) is 0 Å². The highest BCUT2D eigenvalue weighted by atomic mass is 16.7. The van der Waals surface area contributed by atoms with E-state index in [0.717, 1.165) is 69.2 Å². The lowest BCUT2D eigenvalue weighted by Gasteiger charge is -2.43. The smallest absolute Gasteiger partial charge is 0.308 e. The van der Waals surface area contributed by atoms with Crippen molar-refractivity contribution in [3.8, 4) is 17.2 Å². The van der Waals surface area contributed by atoms with Gasteiger partial charge in [0.05, 0.1) is 24.3 Å². The van der Waals surface area contributed by atoms with E-state index >= 15 is 0 Å². The molecule has 2 saturated heterocycles. The van der Waals surface area contributed by atoms with Crippen LogP contribution in [0.3, 0.4) is 0 Å². The van der Waals surface area contributed by atoms with Gasteiger partial charge in [0, 0.05) is 62.3 Å². The zero-order chi connectivity index (χ0) is 43.0. The maximum absolute atomic E-state index is 13.7. The Hall–Kier alpha value is -5.96. The molecule has 21 heteroatoms. The standard InChI is InChI=1S/C36H42O21/c1-13(37)25-30(53-18(6)42)26(33-35(56-21(9)45)28(51-16(4)40)23(11-47-33)49-14(2)38)32(55-20(8)44)27(31(25)54-19(7)43)34-36(57-22(10)46)29(52-17(5)41)24(12-48-34)50-15(3)39/h23-24,28-29,33-36H,11-12H2,1-10H3/t23-,24-,28+,29+,33+,34+,35-,36-/m1/s1. The average Bonchev–Trinajstić information content (AvgIpc) is 3.03. The zero-order valence-corrected chi connectivity index (χ0v) is 32.6. The van der Waals surface area contributed by atoms with Crippen LogP contribution in [0.2, 0.25) is 0 Å². The molecule has 312 valence electrons. The summed E-state index contributed by atoms with van der Waals surface area (Å²) in [4.78, 5) is 127. The quantitative estimate of drug-likeness (QED) is 0.125. The summed E-state index contributed by atoms with van der Waals surface area (Å²) in [7, 11) is 0. The molecule has 2 aliphatic rings. The van der Waals surface area contributed by atoms with Crippen molar-refractivity contribution in [2.45, 2.75) is 118 Å². The van der Waals surface area contributed by atoms with Gasteiger partial charge in [-0.05, 0) is 6.92 Å². The number of rotatable bonds is 12. The second-order valence-electron chi connectivity index (χ2n) is 12.6. The number of benzene rings is 1. The van der Waals surface area contributed by atoms with E-state index in [4.69, 9.17) is 52.1 Å². The molecule has 57 heavy (non-hydrogen) atoms. The fraction of sp³-hybridized carbons (Fsp3) is 0.556. The molecule has 0 bridgehead atoms. The SMILES string of the molecule is CC(=O)Oc1c(C(C)=O)c(OC(C)=O)c([C@@H]2OC[C@@H](OC(C)=O)[C@H](OC(C)=O)[C@H]2OC(C)=O)c(OC(C)=O)c1[C@@H]1OC[C@@H](OC(C)=O)[C@H](OC(C)=O)[C@H]1OC(C)=O. The number of ketones is 1. The summed E-state index contributed by atoms with van der Waals surface area (Å²) in [5.74, 6) is -12.3. The number of hydrogen-bond donors (Lipinski definition) is 0. The normalized spacial score (nSPS) is 24.0. The summed E-state index contributed by atoms with van der Waals surface area (Å²) in [5.41, 5.74) is -1.91. The maximum Gasteiger partial charge on any atom is 0.308 e. The van der Waals surface area contributed by atoms with E-state index in [1.807, 2.05) is 0 Å². The molecule has 0 spiro atoms. The Kier molecular flexibility index (Phi) is 15.4. The second kappa shape index (κ2) is 19.3. The van der Waals surface area contributed by atoms with Gasteiger partial charge in [-0.3, -0.25) is 47.9 Å². The predicted octanol–water partition coefficient (Wildman–Crippen LogP) is 1.40. The number of carbonyl (C=O) groups excluding carboxylic acids is 10. The van der Waals surface area contributed by atoms with Gasteiger partial charge in [0.1, 0.15) is 23.5 Å². The molecule has 2 fully saturated rings. The lowest BCUT2D eigenvalue weighted by Crippen LogP contribution is -2.55. The van der Waals surface area contributed by atoms with E-state index in [0.29, 0.717) is 0 Å². The summed E-state index contributed by atoms with van der Waals surface area (Å²) in [5, 5.41) is 0. The van der Waals surface area contributed by atoms with Crippen molar-refractivity contribution in [1.82, 2.24) is 0 Å². The second-order valence-corrected chi connectivity index (χ2v) is 12.6. The van der Waals surface area contributed by atoms with Crippen molar-refractivity contribution >= 4 is 59.5 Å². The molecule has 1 aromatic carbocycles. The molecule has 2 heterocycles. The fourth-order valence-electron chi connectivity index (χ4n) is 6.29. The van der Waals surface area contributed by atoms with Crippen LogP contribution in [0.25, 0.3) is 0 Å². The third-order valence-corrected chi connectivity index (χ3v) is 7.79. The first-order chi connectivity index (χ1) is 26.5. The topological polar surface area (TPSA) is 272 Å². The van der Waals surface area contributed by atoms with Crippen LogP contribution in [0.15, 0.2) is 0 Å². The van der Waals surface area contributed by atoms with Crippen molar-refractivity contribution < 1.29 is 100 Å². The monoisotopic (exact) mass is 810 g/mol. The van der Waals surface area contributed by atoms with Gasteiger partial charge in [0.25, 0.3) is 0 Å². The summed E-state index contributed by atoms with van der Waals surface area (Å²) >= 11 is 0. The number of ether oxygens (including phenoxy) is 11. The number of hydrogen-bond acceptors (Lipinski definition) is 21. The van der Waals surface area contributed by atoms with Crippen LogP contribution < -0.4 is 14.2 Å². The Balaban J connectivity index is 2.68. The number of Topliss-reactive ketones (excluding diaryl/α,β-unsaturated/α-hetero) is 1. The van der Waals surface area contributed by atoms with E-state index < -0.39 is 155 Å². The maximum atomic E-state index is 13.7. The van der Waals surface area contributed by atoms with E-state index in [1.54, 1.807) is 0 Å². The van der Waals surface area contributed by atoms with Gasteiger partial charge in [-0.25, -0.2) is 0 Å². The summed E-state index contributed by atoms with van der Waals surface area (Å²) < 4.78 is 61.7. The van der Waals surface area contributed by atoms with Crippen molar-refractivity contribution in [2.24, 2.45) is 0 Å². The van der Waals surface area contributed by atoms with Crippen molar-refractivity contribution in [3.05, 3.63) is 16.7 Å². The highest BCUT2D eigenvalue weighted by Gasteiger charge is 2.54. The van der Waals surface area contributed by atoms with Crippen LogP contribution in [-0.4, -0.2) is 109 Å². The third kappa shape index (κ3) is 11.5. The number of esters is 9. The Morgan fingerprint density at radius 1 is 0.386 bits per heavy atom. The minimum Gasteiger partial charge on any atom is -0.456 e. The van der Waals surface area contributed by atoms with Crippen LogP contribution in [0.5, 0.6) is 17.2 Å². The van der Waals surface area contributed by atoms with Crippen LogP contribution in [0.1, 0.15) is 103 Å². The first kappa shape index (κ1) is 45.4. The van der Waals surface area contributed by atoms with Crippen LogP contribution in [0, 0.1) is 0 Å². The summed E-state index contributed by atoms with van der Waals surface area (Å²) in [6.07, 6.45) is -13.7. The first-order valence-electron chi connectivity index (χ1n) is 17.1. The van der Waals surface area contributed by atoms with Crippen LogP contribution in [0.4, 0.5) is 0 Å². The summed E-state index contributed by atoms with van der Waals surface area (Å²) in [6, 6.07) is 0. The molecule has 0 aliphatic carbocycles. The van der Waals surface area contributed by atoms with Gasteiger partial charge in [-0.1, -0.05) is 0 Å². The van der Waals surface area contributed by atoms with E-state index in [-0.39, 0.29) is 0 Å². The Morgan fingerprint density at radius 3 is 0.930 bits per heavy atom. The molecule has 1 aromatic rings. The zero-order valence-electron chi connectivity index (χ0n) is 32.6. The van der Waals surface area contributed by atoms with E-state index in [9.17, 15) is 47.9 Å². The Bertz CT molecular complexity index is 1720. The van der Waals surface area contributed by atoms with Gasteiger partial charge >= 0.3 is 53.7 Å². The van der Waals surface area contributed by atoms with Gasteiger partial charge in [-0.2, -0.15) is 0 Å². The Labute approximate surface area is 324 Å².